The number of para-hydroxylation sites is 1. The molecule has 2 amide bonds. The number of nitrogens with zero attached hydrogens (tertiary/aromatic N) is 3. The van der Waals surface area contributed by atoms with Crippen LogP contribution in [-0.2, 0) is 16.1 Å². The fourth-order valence-corrected chi connectivity index (χ4v) is 3.56. The molecule has 1 aliphatic heterocycles. The van der Waals surface area contributed by atoms with Crippen molar-refractivity contribution in [3.05, 3.63) is 53.5 Å². The lowest BCUT2D eigenvalue weighted by atomic mass is 10.1. The van der Waals surface area contributed by atoms with Crippen molar-refractivity contribution < 1.29 is 18.7 Å². The van der Waals surface area contributed by atoms with E-state index >= 15 is 0 Å². The molecule has 8 nitrogen and oxygen atoms in total. The lowest BCUT2D eigenvalue weighted by Gasteiger charge is -2.32. The lowest BCUT2D eigenvalue weighted by molar-refractivity contribution is -0.125. The monoisotopic (exact) mass is 382 g/mol. The predicted molar refractivity (Wildman–Crippen MR) is 102 cm³/mol. The smallest absolute Gasteiger partial charge is 0.290 e. The van der Waals surface area contributed by atoms with Crippen LogP contribution in [0, 0.1) is 6.92 Å². The zero-order valence-electron chi connectivity index (χ0n) is 15.8. The van der Waals surface area contributed by atoms with E-state index in [2.05, 4.69) is 10.4 Å². The molecule has 0 aliphatic carbocycles. The van der Waals surface area contributed by atoms with Gasteiger partial charge in [0.25, 0.3) is 5.91 Å². The second kappa shape index (κ2) is 7.47. The highest BCUT2D eigenvalue weighted by molar-refractivity contribution is 5.99. The summed E-state index contributed by atoms with van der Waals surface area (Å²) in [5.74, 6) is -0.107. The van der Waals surface area contributed by atoms with E-state index in [1.165, 1.54) is 0 Å². The van der Waals surface area contributed by atoms with Crippen LogP contribution in [-0.4, -0.2) is 53.3 Å². The van der Waals surface area contributed by atoms with Crippen LogP contribution in [0.25, 0.3) is 11.0 Å². The highest BCUT2D eigenvalue weighted by Gasteiger charge is 2.35. The molecule has 1 aromatic carbocycles. The fourth-order valence-electron chi connectivity index (χ4n) is 3.56. The molecule has 1 atom stereocenters. The van der Waals surface area contributed by atoms with Gasteiger partial charge < -0.3 is 19.4 Å². The topological polar surface area (TPSA) is 89.6 Å². The van der Waals surface area contributed by atoms with Crippen molar-refractivity contribution in [1.29, 1.82) is 0 Å². The van der Waals surface area contributed by atoms with Gasteiger partial charge in [-0.15, -0.1) is 0 Å². The average molecular weight is 382 g/mol. The summed E-state index contributed by atoms with van der Waals surface area (Å²) in [6.45, 7) is 3.30. The highest BCUT2D eigenvalue weighted by Crippen LogP contribution is 2.28. The van der Waals surface area contributed by atoms with Gasteiger partial charge in [-0.2, -0.15) is 5.10 Å². The molecule has 1 unspecified atom stereocenters. The Labute approximate surface area is 162 Å². The first kappa shape index (κ1) is 18.2. The van der Waals surface area contributed by atoms with Gasteiger partial charge in [-0.05, 0) is 19.1 Å². The quantitative estimate of drug-likeness (QED) is 0.681. The van der Waals surface area contributed by atoms with Crippen molar-refractivity contribution in [1.82, 2.24) is 20.0 Å². The van der Waals surface area contributed by atoms with Crippen molar-refractivity contribution >= 4 is 22.8 Å². The number of hydrogen-bond acceptors (Lipinski definition) is 5. The van der Waals surface area contributed by atoms with Crippen molar-refractivity contribution in [2.45, 2.75) is 19.5 Å². The molecule has 8 heteroatoms. The number of amides is 2. The minimum absolute atomic E-state index is 0.194. The van der Waals surface area contributed by atoms with E-state index in [9.17, 15) is 9.59 Å². The summed E-state index contributed by atoms with van der Waals surface area (Å²) >= 11 is 0. The second-order valence-electron chi connectivity index (χ2n) is 6.80. The molecule has 0 saturated carbocycles. The van der Waals surface area contributed by atoms with Gasteiger partial charge in [-0.25, -0.2) is 0 Å². The number of rotatable bonds is 5. The Balaban J connectivity index is 1.60. The van der Waals surface area contributed by atoms with E-state index in [4.69, 9.17) is 9.15 Å². The number of hydrogen-bond donors (Lipinski definition) is 1. The molecular formula is C20H22N4O4. The van der Waals surface area contributed by atoms with Crippen molar-refractivity contribution in [2.24, 2.45) is 0 Å². The summed E-state index contributed by atoms with van der Waals surface area (Å²) in [5.41, 5.74) is 2.29. The number of carbonyl (C=O) groups excluding carboxylic acids is 2. The zero-order valence-corrected chi connectivity index (χ0v) is 15.8. The third kappa shape index (κ3) is 3.16. The van der Waals surface area contributed by atoms with E-state index in [0.717, 1.165) is 16.6 Å². The lowest BCUT2D eigenvalue weighted by Crippen LogP contribution is -2.47. The Kier molecular flexibility index (Phi) is 4.87. The molecule has 0 radical (unpaired) electrons. The zero-order chi connectivity index (χ0) is 19.7. The third-order valence-electron chi connectivity index (χ3n) is 5.03. The fraction of sp³-hybridized carbons (Fsp3) is 0.350. The number of carbonyl (C=O) groups is 2. The molecule has 0 bridgehead atoms. The van der Waals surface area contributed by atoms with Crippen LogP contribution in [0.5, 0.6) is 0 Å². The van der Waals surface area contributed by atoms with Gasteiger partial charge in [0.2, 0.25) is 5.91 Å². The van der Waals surface area contributed by atoms with Crippen molar-refractivity contribution in [3.8, 4) is 0 Å². The first-order chi connectivity index (χ1) is 13.6. The number of benzene rings is 1. The number of fused-ring (bicyclic) bond motifs is 2. The average Bonchev–Trinajstić information content (AvgIpc) is 3.31. The number of furan rings is 1. The highest BCUT2D eigenvalue weighted by atomic mass is 16.5. The summed E-state index contributed by atoms with van der Waals surface area (Å²) in [4.78, 5) is 27.5. The molecule has 0 spiro atoms. The Hall–Kier alpha value is -3.13. The van der Waals surface area contributed by atoms with Gasteiger partial charge in [-0.3, -0.25) is 14.3 Å². The van der Waals surface area contributed by atoms with Crippen LogP contribution in [0.4, 0.5) is 0 Å². The van der Waals surface area contributed by atoms with E-state index in [0.29, 0.717) is 31.0 Å². The number of aryl methyl sites for hydroxylation is 1. The normalized spacial score (nSPS) is 16.2. The molecule has 3 aromatic rings. The summed E-state index contributed by atoms with van der Waals surface area (Å²) in [6.07, 6.45) is 1.64. The van der Waals surface area contributed by atoms with Gasteiger partial charge in [0.15, 0.2) is 5.76 Å². The van der Waals surface area contributed by atoms with Crippen LogP contribution in [0.15, 0.2) is 40.9 Å². The largest absolute Gasteiger partial charge is 0.451 e. The van der Waals surface area contributed by atoms with Crippen LogP contribution < -0.4 is 5.32 Å². The van der Waals surface area contributed by atoms with Gasteiger partial charge >= 0.3 is 0 Å². The Morgan fingerprint density at radius 1 is 1.32 bits per heavy atom. The SMILES string of the molecule is COCCNC(=O)C1CN(C(=O)c2oc3ccccc3c2C)Cc2ccnn21. The molecule has 28 heavy (non-hydrogen) atoms. The van der Waals surface area contributed by atoms with Crippen molar-refractivity contribution in [2.75, 3.05) is 26.8 Å². The summed E-state index contributed by atoms with van der Waals surface area (Å²) in [7, 11) is 1.58. The maximum atomic E-state index is 13.2. The first-order valence-electron chi connectivity index (χ1n) is 9.16. The molecule has 1 N–H and O–H groups in total. The molecule has 3 heterocycles. The molecule has 4 rings (SSSR count). The molecule has 1 aliphatic rings. The van der Waals surface area contributed by atoms with Crippen LogP contribution in [0.3, 0.4) is 0 Å². The maximum Gasteiger partial charge on any atom is 0.290 e. The molecule has 0 saturated heterocycles. The number of methoxy groups -OCH3 is 1. The number of ether oxygens (including phenoxy) is 1. The summed E-state index contributed by atoms with van der Waals surface area (Å²) in [5, 5.41) is 8.02. The maximum absolute atomic E-state index is 13.2. The van der Waals surface area contributed by atoms with Gasteiger partial charge in [0.1, 0.15) is 11.6 Å². The van der Waals surface area contributed by atoms with E-state index in [1.54, 1.807) is 22.9 Å². The van der Waals surface area contributed by atoms with Crippen LogP contribution >= 0.6 is 0 Å². The van der Waals surface area contributed by atoms with Gasteiger partial charge in [0, 0.05) is 30.8 Å². The molecule has 0 fully saturated rings. The Bertz CT molecular complexity index is 1020. The second-order valence-corrected chi connectivity index (χ2v) is 6.80. The predicted octanol–water partition coefficient (Wildman–Crippen LogP) is 1.90. The van der Waals surface area contributed by atoms with E-state index in [1.807, 2.05) is 37.3 Å². The van der Waals surface area contributed by atoms with Crippen LogP contribution in [0.1, 0.15) is 27.9 Å². The Morgan fingerprint density at radius 2 is 2.14 bits per heavy atom. The third-order valence-corrected chi connectivity index (χ3v) is 5.03. The molecular weight excluding hydrogens is 360 g/mol. The molecule has 2 aromatic heterocycles. The van der Waals surface area contributed by atoms with Gasteiger partial charge in [0.05, 0.1) is 25.4 Å². The minimum atomic E-state index is -0.593. The van der Waals surface area contributed by atoms with Crippen LogP contribution in [0.2, 0.25) is 0 Å². The van der Waals surface area contributed by atoms with E-state index < -0.39 is 6.04 Å². The van der Waals surface area contributed by atoms with Gasteiger partial charge in [-0.1, -0.05) is 18.2 Å². The first-order valence-corrected chi connectivity index (χ1v) is 9.16. The number of nitrogens with one attached hydrogen (secondary N) is 1. The summed E-state index contributed by atoms with van der Waals surface area (Å²) < 4.78 is 12.5. The van der Waals surface area contributed by atoms with E-state index in [-0.39, 0.29) is 18.4 Å². The van der Waals surface area contributed by atoms with Crippen molar-refractivity contribution in [3.63, 3.8) is 0 Å². The minimum Gasteiger partial charge on any atom is -0.451 e. The standard InChI is InChI=1S/C20H22N4O4/c1-13-15-5-3-4-6-17(15)28-18(13)20(26)23-11-14-7-8-22-24(14)16(12-23)19(25)21-9-10-27-2/h3-8,16H,9-12H2,1-2H3,(H,21,25). The Morgan fingerprint density at radius 3 is 2.93 bits per heavy atom. The summed E-state index contributed by atoms with van der Waals surface area (Å²) in [6, 6.07) is 8.79. The molecule has 146 valence electrons. The number of aromatic nitrogens is 2.